The fourth-order valence-corrected chi connectivity index (χ4v) is 5.87. The summed E-state index contributed by atoms with van der Waals surface area (Å²) in [5, 5.41) is 2.98. The van der Waals surface area contributed by atoms with E-state index in [0.717, 1.165) is 39.0 Å². The summed E-state index contributed by atoms with van der Waals surface area (Å²) in [6.45, 7) is 2.70. The molecule has 0 spiro atoms. The minimum atomic E-state index is -3.25. The van der Waals surface area contributed by atoms with E-state index in [1.807, 2.05) is 37.3 Å². The number of amides is 2. The summed E-state index contributed by atoms with van der Waals surface area (Å²) >= 11 is 0. The number of rotatable bonds is 6. The summed E-state index contributed by atoms with van der Waals surface area (Å²) in [5.74, 6) is -0.736. The zero-order chi connectivity index (χ0) is 27.0. The van der Waals surface area contributed by atoms with E-state index in [1.165, 1.54) is 16.8 Å². The van der Waals surface area contributed by atoms with Gasteiger partial charge in [0.25, 0.3) is 5.91 Å². The van der Waals surface area contributed by atoms with Gasteiger partial charge in [-0.15, -0.1) is 0 Å². The Hall–Kier alpha value is -4.08. The lowest BCUT2D eigenvalue weighted by atomic mass is 9.90. The van der Waals surface area contributed by atoms with Crippen molar-refractivity contribution in [2.24, 2.45) is 5.73 Å². The molecule has 0 saturated heterocycles. The van der Waals surface area contributed by atoms with Crippen LogP contribution in [0.25, 0.3) is 17.2 Å². The number of allylic oxidation sites excluding steroid dienone is 1. The van der Waals surface area contributed by atoms with Crippen LogP contribution >= 0.6 is 0 Å². The van der Waals surface area contributed by atoms with E-state index in [2.05, 4.69) is 16.4 Å². The molecule has 0 unspecified atom stereocenters. The van der Waals surface area contributed by atoms with Gasteiger partial charge in [-0.25, -0.2) is 8.42 Å². The van der Waals surface area contributed by atoms with Gasteiger partial charge < -0.3 is 11.1 Å². The average Bonchev–Trinajstić information content (AvgIpc) is 3.35. The number of sulfonamides is 1. The van der Waals surface area contributed by atoms with E-state index in [0.29, 0.717) is 42.7 Å². The smallest absolute Gasteiger partial charge is 0.257 e. The van der Waals surface area contributed by atoms with Crippen molar-refractivity contribution < 1.29 is 18.0 Å². The third kappa shape index (κ3) is 4.90. The van der Waals surface area contributed by atoms with Crippen molar-refractivity contribution in [3.05, 3.63) is 99.9 Å². The highest BCUT2D eigenvalue weighted by molar-refractivity contribution is 7.88. The molecule has 38 heavy (non-hydrogen) atoms. The Balaban J connectivity index is 1.52. The molecule has 1 aromatic heterocycles. The summed E-state index contributed by atoms with van der Waals surface area (Å²) in [4.78, 5) is 29.1. The minimum absolute atomic E-state index is 0.248. The van der Waals surface area contributed by atoms with Crippen LogP contribution in [0.5, 0.6) is 0 Å². The molecule has 3 aromatic rings. The van der Waals surface area contributed by atoms with E-state index in [9.17, 15) is 18.0 Å². The molecule has 2 heterocycles. The second-order valence-corrected chi connectivity index (χ2v) is 11.5. The van der Waals surface area contributed by atoms with Crippen LogP contribution in [0.3, 0.4) is 0 Å². The summed E-state index contributed by atoms with van der Waals surface area (Å²) in [7, 11) is -3.25. The van der Waals surface area contributed by atoms with Crippen LogP contribution in [0.15, 0.2) is 72.1 Å². The number of carbonyl (C=O) groups is 2. The van der Waals surface area contributed by atoms with Crippen molar-refractivity contribution >= 4 is 33.6 Å². The number of benzene rings is 2. The third-order valence-electron chi connectivity index (χ3n) is 7.16. The molecule has 0 fully saturated rings. The van der Waals surface area contributed by atoms with E-state index in [-0.39, 0.29) is 5.91 Å². The standard InChI is InChI=1S/C29H28N4O4S/c1-18-22(6-3-7-27(18)32-29(35)20-5-4-12-31-17-20)23-8-9-24(28(30)34)26-16-21(15-25(23)26)19-10-13-33(14-11-19)38(2,36)37/h3-10,12,15,17H,11,13-14,16H2,1-2H3,(H2,30,34)(H,32,35). The fraction of sp³-hybridized carbons (Fsp3) is 0.207. The van der Waals surface area contributed by atoms with Crippen molar-refractivity contribution in [3.8, 4) is 11.1 Å². The number of carbonyl (C=O) groups excluding carboxylic acids is 2. The molecule has 8 nitrogen and oxygen atoms in total. The number of nitrogens with zero attached hydrogens (tertiary/aromatic N) is 2. The maximum atomic E-state index is 12.8. The molecule has 2 aliphatic rings. The zero-order valence-electron chi connectivity index (χ0n) is 21.2. The van der Waals surface area contributed by atoms with Gasteiger partial charge in [0.1, 0.15) is 0 Å². The fourth-order valence-electron chi connectivity index (χ4n) is 5.11. The topological polar surface area (TPSA) is 122 Å². The lowest BCUT2D eigenvalue weighted by Gasteiger charge is -2.24. The Bertz CT molecular complexity index is 1630. The molecule has 5 rings (SSSR count). The molecule has 0 radical (unpaired) electrons. The second kappa shape index (κ2) is 10.00. The molecule has 0 saturated carbocycles. The number of aromatic nitrogens is 1. The van der Waals surface area contributed by atoms with Gasteiger partial charge >= 0.3 is 0 Å². The molecule has 2 aromatic carbocycles. The highest BCUT2D eigenvalue weighted by Crippen LogP contribution is 2.41. The summed E-state index contributed by atoms with van der Waals surface area (Å²) in [6, 6.07) is 12.8. The van der Waals surface area contributed by atoms with Crippen LogP contribution in [0.1, 0.15) is 43.8 Å². The Morgan fingerprint density at radius 1 is 1.05 bits per heavy atom. The summed E-state index contributed by atoms with van der Waals surface area (Å²) < 4.78 is 25.3. The summed E-state index contributed by atoms with van der Waals surface area (Å²) in [6.07, 6.45) is 9.53. The molecule has 3 N–H and O–H groups in total. The lowest BCUT2D eigenvalue weighted by Crippen LogP contribution is -2.34. The van der Waals surface area contributed by atoms with Crippen molar-refractivity contribution in [2.45, 2.75) is 19.8 Å². The first-order valence-corrected chi connectivity index (χ1v) is 14.1. The second-order valence-electron chi connectivity index (χ2n) is 9.54. The van der Waals surface area contributed by atoms with E-state index in [1.54, 1.807) is 24.4 Å². The average molecular weight is 529 g/mol. The highest BCUT2D eigenvalue weighted by Gasteiger charge is 2.27. The van der Waals surface area contributed by atoms with Crippen molar-refractivity contribution in [1.29, 1.82) is 0 Å². The lowest BCUT2D eigenvalue weighted by molar-refractivity contribution is 0.0997. The molecule has 2 amide bonds. The number of hydrogen-bond donors (Lipinski definition) is 2. The largest absolute Gasteiger partial charge is 0.366 e. The van der Waals surface area contributed by atoms with Gasteiger partial charge in [0.05, 0.1) is 11.8 Å². The number of nitrogens with two attached hydrogens (primary N) is 1. The van der Waals surface area contributed by atoms with E-state index < -0.39 is 15.9 Å². The summed E-state index contributed by atoms with van der Waals surface area (Å²) in [5.41, 5.74) is 14.0. The maximum Gasteiger partial charge on any atom is 0.257 e. The Labute approximate surface area is 221 Å². The molecule has 1 aliphatic heterocycles. The number of fused-ring (bicyclic) bond motifs is 1. The highest BCUT2D eigenvalue weighted by atomic mass is 32.2. The maximum absolute atomic E-state index is 12.8. The van der Waals surface area contributed by atoms with Crippen LogP contribution < -0.4 is 11.1 Å². The van der Waals surface area contributed by atoms with Crippen molar-refractivity contribution in [1.82, 2.24) is 9.29 Å². The monoisotopic (exact) mass is 528 g/mol. The molecule has 9 heteroatoms. The molecule has 0 bridgehead atoms. The Morgan fingerprint density at radius 3 is 2.53 bits per heavy atom. The number of anilines is 1. The molecule has 0 atom stereocenters. The van der Waals surface area contributed by atoms with Crippen LogP contribution in [-0.4, -0.2) is 48.9 Å². The van der Waals surface area contributed by atoms with Gasteiger partial charge in [-0.2, -0.15) is 4.31 Å². The first kappa shape index (κ1) is 25.6. The first-order valence-electron chi connectivity index (χ1n) is 12.3. The van der Waals surface area contributed by atoms with Crippen molar-refractivity contribution in [2.75, 3.05) is 24.7 Å². The zero-order valence-corrected chi connectivity index (χ0v) is 22.0. The molecular weight excluding hydrogens is 500 g/mol. The van der Waals surface area contributed by atoms with Crippen LogP contribution in [0, 0.1) is 6.92 Å². The van der Waals surface area contributed by atoms with Gasteiger partial charge in [-0.1, -0.05) is 30.4 Å². The van der Waals surface area contributed by atoms with Crippen LogP contribution in [0.4, 0.5) is 5.69 Å². The number of pyridine rings is 1. The van der Waals surface area contributed by atoms with Gasteiger partial charge in [0, 0.05) is 36.7 Å². The number of primary amides is 1. The van der Waals surface area contributed by atoms with Gasteiger partial charge in [0.2, 0.25) is 15.9 Å². The number of nitrogens with one attached hydrogen (secondary N) is 1. The van der Waals surface area contributed by atoms with E-state index in [4.69, 9.17) is 5.73 Å². The normalized spacial score (nSPS) is 15.4. The Morgan fingerprint density at radius 2 is 1.87 bits per heavy atom. The van der Waals surface area contributed by atoms with E-state index >= 15 is 0 Å². The first-order chi connectivity index (χ1) is 18.1. The third-order valence-corrected chi connectivity index (χ3v) is 8.43. The van der Waals surface area contributed by atoms with Gasteiger partial charge in [-0.3, -0.25) is 14.6 Å². The van der Waals surface area contributed by atoms with Crippen molar-refractivity contribution in [3.63, 3.8) is 0 Å². The van der Waals surface area contributed by atoms with Gasteiger partial charge in [0.15, 0.2) is 0 Å². The predicted molar refractivity (Wildman–Crippen MR) is 148 cm³/mol. The van der Waals surface area contributed by atoms with Crippen LogP contribution in [0.2, 0.25) is 0 Å². The molecule has 1 aliphatic carbocycles. The minimum Gasteiger partial charge on any atom is -0.366 e. The quantitative estimate of drug-likeness (QED) is 0.502. The number of hydrogen-bond acceptors (Lipinski definition) is 5. The predicted octanol–water partition coefficient (Wildman–Crippen LogP) is 3.94. The molecule has 194 valence electrons. The van der Waals surface area contributed by atoms with Crippen LogP contribution in [-0.2, 0) is 16.4 Å². The van der Waals surface area contributed by atoms with Gasteiger partial charge in [-0.05, 0) is 83.0 Å². The molecular formula is C29H28N4O4S. The SMILES string of the molecule is Cc1c(NC(=O)c2cccnc2)cccc1-c1ccc(C(N)=O)c2c1C=C(C1=CCN(S(C)(=O)=O)CC1)C2. The Kier molecular flexibility index (Phi) is 6.73.